The van der Waals surface area contributed by atoms with Gasteiger partial charge < -0.3 is 31.3 Å². The molecule has 3 aromatic carbocycles. The Hall–Kier alpha value is -2.94. The van der Waals surface area contributed by atoms with E-state index in [2.05, 4.69) is 56.7 Å². The van der Waals surface area contributed by atoms with E-state index in [1.165, 1.54) is 17.8 Å². The summed E-state index contributed by atoms with van der Waals surface area (Å²) in [6.07, 6.45) is 3.85. The molecule has 4 aromatic rings. The summed E-state index contributed by atoms with van der Waals surface area (Å²) in [4.78, 5) is 27.5. The molecule has 3 heterocycles. The van der Waals surface area contributed by atoms with Crippen molar-refractivity contribution < 1.29 is 41.0 Å². The number of anilines is 3. The number of nitrogens with two attached hydrogens (primary N) is 1. The molecule has 0 atom stereocenters. The van der Waals surface area contributed by atoms with E-state index < -0.39 is 0 Å². The van der Waals surface area contributed by atoms with Gasteiger partial charge in [0, 0.05) is 80.0 Å². The molecule has 9 nitrogen and oxygen atoms in total. The molecule has 12 heteroatoms. The summed E-state index contributed by atoms with van der Waals surface area (Å²) in [6.45, 7) is 9.67. The van der Waals surface area contributed by atoms with Crippen LogP contribution in [0.15, 0.2) is 64.6 Å². The normalized spacial score (nSPS) is 15.3. The Morgan fingerprint density at radius 3 is 2.62 bits per heavy atom. The van der Waals surface area contributed by atoms with Crippen molar-refractivity contribution in [3.8, 4) is 5.75 Å². The van der Waals surface area contributed by atoms with Gasteiger partial charge in [0.15, 0.2) is 5.82 Å². The third kappa shape index (κ3) is 7.92. The summed E-state index contributed by atoms with van der Waals surface area (Å²) in [7, 11) is 2.02. The van der Waals surface area contributed by atoms with E-state index >= 15 is 0 Å². The van der Waals surface area contributed by atoms with Gasteiger partial charge in [-0.1, -0.05) is 61.5 Å². The summed E-state index contributed by atoms with van der Waals surface area (Å²) in [5.74, 6) is 1.17. The summed E-state index contributed by atoms with van der Waals surface area (Å²) in [5, 5.41) is 18.5. The molecule has 250 valence electrons. The first-order chi connectivity index (χ1) is 22.5. The van der Waals surface area contributed by atoms with Crippen LogP contribution in [-0.2, 0) is 19.6 Å². The molecule has 1 amide bonds. The van der Waals surface area contributed by atoms with Gasteiger partial charge in [0.25, 0.3) is 0 Å². The van der Waals surface area contributed by atoms with Gasteiger partial charge in [0.1, 0.15) is 10.8 Å². The number of piperidine rings is 1. The zero-order valence-corrected chi connectivity index (χ0v) is 33.5. The van der Waals surface area contributed by atoms with Crippen molar-refractivity contribution in [3.63, 3.8) is 0 Å². The smallest absolute Gasteiger partial charge is 0.233 e. The first kappa shape index (κ1) is 36.3. The molecule has 1 saturated heterocycles. The number of benzene rings is 3. The Morgan fingerprint density at radius 2 is 1.92 bits per heavy atom. The molecule has 0 aliphatic carbocycles. The molecule has 0 saturated carbocycles. The van der Waals surface area contributed by atoms with Crippen LogP contribution in [0.1, 0.15) is 72.1 Å². The maximum Gasteiger partial charge on any atom is 0.233 e. The Kier molecular flexibility index (Phi) is 11.6. The van der Waals surface area contributed by atoms with Gasteiger partial charge in [-0.25, -0.2) is 9.97 Å². The van der Waals surface area contributed by atoms with Crippen LogP contribution in [0.4, 0.5) is 17.3 Å². The van der Waals surface area contributed by atoms with Crippen molar-refractivity contribution in [2.75, 3.05) is 36.1 Å². The molecule has 48 heavy (non-hydrogen) atoms. The fraction of sp³-hybridized carbons (Fsp3) is 0.361. The second-order valence-corrected chi connectivity index (χ2v) is 14.3. The standard InChI is InChI=1S/C36H41ClN7O2S.U/c1-22(2)24-10-11-29(45)27(17-24)35(46)44-20-25-9-8-23(16-26(25)21-44)18-40-28-6-5-7-30(32(28)37)47-34-33(38)42-31(19-41-34)43-14-12-36(3,39-4)13-15-43;/h5-9,11,16-17,19,22,39-40,45H,12-15,18,20-21H2,1-4H3,(H2,38,42);/q-1;. The maximum atomic E-state index is 13.4. The number of halogens is 1. The number of phenolic OH excluding ortho intramolecular Hbond substituents is 1. The van der Waals surface area contributed by atoms with Crippen LogP contribution < -0.4 is 21.3 Å². The minimum atomic E-state index is -0.182. The zero-order valence-electron chi connectivity index (χ0n) is 27.7. The first-order valence-corrected chi connectivity index (χ1v) is 17.1. The van der Waals surface area contributed by atoms with Crippen LogP contribution in [0.3, 0.4) is 0 Å². The van der Waals surface area contributed by atoms with E-state index in [-0.39, 0.29) is 54.2 Å². The molecule has 0 bridgehead atoms. The molecular formula is C36H41ClN7O2SU-. The van der Waals surface area contributed by atoms with E-state index in [4.69, 9.17) is 17.3 Å². The molecule has 0 spiro atoms. The van der Waals surface area contributed by atoms with Gasteiger partial charge in [-0.3, -0.25) is 4.79 Å². The number of hydrogen-bond acceptors (Lipinski definition) is 9. The van der Waals surface area contributed by atoms with Gasteiger partial charge in [0.05, 0.1) is 16.9 Å². The number of nitrogens with zero attached hydrogens (tertiary/aromatic N) is 4. The molecule has 2 aliphatic rings. The summed E-state index contributed by atoms with van der Waals surface area (Å²) < 4.78 is 0. The summed E-state index contributed by atoms with van der Waals surface area (Å²) in [5.41, 5.74) is 11.8. The number of aromatic hydroxyl groups is 1. The van der Waals surface area contributed by atoms with Crippen LogP contribution in [0.25, 0.3) is 0 Å². The Labute approximate surface area is 315 Å². The van der Waals surface area contributed by atoms with Crippen LogP contribution >= 0.6 is 23.4 Å². The number of phenols is 1. The van der Waals surface area contributed by atoms with Crippen molar-refractivity contribution in [2.45, 2.75) is 74.6 Å². The summed E-state index contributed by atoms with van der Waals surface area (Å²) >= 11 is 8.27. The van der Waals surface area contributed by atoms with E-state index in [9.17, 15) is 9.90 Å². The van der Waals surface area contributed by atoms with Gasteiger partial charge >= 0.3 is 0 Å². The zero-order chi connectivity index (χ0) is 33.3. The van der Waals surface area contributed by atoms with Crippen molar-refractivity contribution in [2.24, 2.45) is 0 Å². The molecule has 1 aromatic heterocycles. The predicted octanol–water partition coefficient (Wildman–Crippen LogP) is 6.84. The number of carbonyl (C=O) groups is 1. The monoisotopic (exact) mass is 908 g/mol. The van der Waals surface area contributed by atoms with Crippen molar-refractivity contribution in [3.05, 3.63) is 93.6 Å². The maximum absolute atomic E-state index is 13.4. The molecule has 1 fully saturated rings. The van der Waals surface area contributed by atoms with Crippen molar-refractivity contribution >= 4 is 46.6 Å². The first-order valence-electron chi connectivity index (χ1n) is 15.9. The average molecular weight is 909 g/mol. The second kappa shape index (κ2) is 15.3. The molecule has 0 unspecified atom stereocenters. The van der Waals surface area contributed by atoms with E-state index in [0.29, 0.717) is 41.1 Å². The molecular weight excluding hydrogens is 868 g/mol. The molecule has 2 aliphatic heterocycles. The average Bonchev–Trinajstić information content (AvgIpc) is 3.50. The van der Waals surface area contributed by atoms with Crippen LogP contribution in [0, 0.1) is 37.2 Å². The van der Waals surface area contributed by atoms with Crippen molar-refractivity contribution in [1.29, 1.82) is 0 Å². The van der Waals surface area contributed by atoms with Crippen LogP contribution in [-0.4, -0.2) is 51.6 Å². The third-order valence-electron chi connectivity index (χ3n) is 9.28. The van der Waals surface area contributed by atoms with Gasteiger partial charge in [-0.2, -0.15) is 17.7 Å². The quantitative estimate of drug-likeness (QED) is 0.134. The SMILES string of the molecule is CNC1(C)CCN(c2cnc(Sc3cccc(NCc4ccc5c(c4)CN(C(=O)c4cc(C(C)C)[c-]cc4O)C5)c3Cl)c(N)n2)CC1.[U]. The third-order valence-corrected chi connectivity index (χ3v) is 10.9. The van der Waals surface area contributed by atoms with Crippen molar-refractivity contribution in [1.82, 2.24) is 20.2 Å². The number of carbonyl (C=O) groups excluding carboxylic acids is 1. The van der Waals surface area contributed by atoms with Gasteiger partial charge in [-0.15, -0.1) is 6.07 Å². The number of rotatable bonds is 9. The minimum Gasteiger partial charge on any atom is -0.565 e. The molecule has 0 radical (unpaired) electrons. The fourth-order valence-corrected chi connectivity index (χ4v) is 7.12. The number of fused-ring (bicyclic) bond motifs is 1. The Bertz CT molecular complexity index is 1800. The minimum absolute atomic E-state index is 0. The van der Waals surface area contributed by atoms with Crippen LogP contribution in [0.2, 0.25) is 5.02 Å². The number of aromatic nitrogens is 2. The van der Waals surface area contributed by atoms with E-state index in [1.807, 2.05) is 39.1 Å². The number of hydrogen-bond donors (Lipinski definition) is 4. The topological polar surface area (TPSA) is 120 Å². The molecule has 6 rings (SSSR count). The Balaban J connectivity index is 0.00000451. The molecule has 5 N–H and O–H groups in total. The van der Waals surface area contributed by atoms with Gasteiger partial charge in [-0.05, 0) is 67.1 Å². The number of amides is 1. The largest absolute Gasteiger partial charge is 0.565 e. The predicted molar refractivity (Wildman–Crippen MR) is 189 cm³/mol. The fourth-order valence-electron chi connectivity index (χ4n) is 6.00. The van der Waals surface area contributed by atoms with Gasteiger partial charge in [0.2, 0.25) is 5.91 Å². The Morgan fingerprint density at radius 1 is 1.17 bits per heavy atom. The van der Waals surface area contributed by atoms with Crippen LogP contribution in [0.5, 0.6) is 5.75 Å². The van der Waals surface area contributed by atoms with E-state index in [0.717, 1.165) is 64.6 Å². The number of nitrogens with one attached hydrogen (secondary N) is 2. The second-order valence-electron chi connectivity index (χ2n) is 12.9. The summed E-state index contributed by atoms with van der Waals surface area (Å²) in [6, 6.07) is 18.4. The number of nitrogen functional groups attached to an aromatic ring is 1. The van der Waals surface area contributed by atoms with E-state index in [1.54, 1.807) is 17.2 Å².